The van der Waals surface area contributed by atoms with Crippen molar-refractivity contribution in [2.24, 2.45) is 11.8 Å². The highest BCUT2D eigenvalue weighted by Gasteiger charge is 2.50. The van der Waals surface area contributed by atoms with Crippen LogP contribution in [0.2, 0.25) is 0 Å². The van der Waals surface area contributed by atoms with E-state index in [0.717, 1.165) is 0 Å². The Bertz CT molecular complexity index is 405. The fourth-order valence-electron chi connectivity index (χ4n) is 3.56. The standard InChI is InChI=1S/C13H21NO6S2/c14-20-2-6-1-16-12-8(4-18-10(6)12)21-22-9-5-19-11-7(15)3-17-13(9)11/h6-13,15H,1-5,14H2/t6?,7?,8?,9?,10-,11-,12-,13-/m1/s1. The molecule has 4 unspecified atom stereocenters. The molecule has 0 aromatic carbocycles. The second-order valence-electron chi connectivity index (χ2n) is 6.12. The molecular formula is C13H21NO6S2. The summed E-state index contributed by atoms with van der Waals surface area (Å²) in [5.41, 5.74) is 0. The SMILES string of the molecule is NOCC1CO[C@@H]2C(SSC3CO[C@@H]4C(O)CO[C@H]34)CO[C@H]12. The van der Waals surface area contributed by atoms with E-state index >= 15 is 0 Å². The Morgan fingerprint density at radius 3 is 2.18 bits per heavy atom. The van der Waals surface area contributed by atoms with E-state index in [9.17, 15) is 5.11 Å². The van der Waals surface area contributed by atoms with Gasteiger partial charge in [0.15, 0.2) is 0 Å². The summed E-state index contributed by atoms with van der Waals surface area (Å²) >= 11 is 0. The van der Waals surface area contributed by atoms with Gasteiger partial charge in [-0.05, 0) is 0 Å². The molecule has 22 heavy (non-hydrogen) atoms. The van der Waals surface area contributed by atoms with E-state index in [-0.39, 0.29) is 35.6 Å². The Morgan fingerprint density at radius 1 is 0.864 bits per heavy atom. The highest BCUT2D eigenvalue weighted by molar-refractivity contribution is 8.77. The molecular weight excluding hydrogens is 330 g/mol. The number of nitrogens with two attached hydrogens (primary N) is 1. The second kappa shape index (κ2) is 6.73. The molecule has 0 radical (unpaired) electrons. The quantitative estimate of drug-likeness (QED) is 0.505. The minimum absolute atomic E-state index is 0.00602. The molecule has 4 aliphatic rings. The first-order chi connectivity index (χ1) is 10.8. The molecule has 0 amide bonds. The molecule has 0 spiro atoms. The van der Waals surface area contributed by atoms with E-state index < -0.39 is 6.10 Å². The molecule has 9 heteroatoms. The van der Waals surface area contributed by atoms with Crippen molar-refractivity contribution >= 4 is 21.6 Å². The van der Waals surface area contributed by atoms with Gasteiger partial charge in [0, 0.05) is 5.92 Å². The molecule has 4 saturated heterocycles. The fourth-order valence-corrected chi connectivity index (χ4v) is 6.65. The third-order valence-corrected chi connectivity index (χ3v) is 7.94. The van der Waals surface area contributed by atoms with Crippen molar-refractivity contribution < 1.29 is 28.9 Å². The van der Waals surface area contributed by atoms with Gasteiger partial charge in [0.05, 0.1) is 55.7 Å². The lowest BCUT2D eigenvalue weighted by molar-refractivity contribution is 0.0188. The van der Waals surface area contributed by atoms with Crippen LogP contribution in [0, 0.1) is 5.92 Å². The van der Waals surface area contributed by atoms with Crippen LogP contribution in [0.1, 0.15) is 0 Å². The van der Waals surface area contributed by atoms with Crippen molar-refractivity contribution in [3.05, 3.63) is 0 Å². The minimum Gasteiger partial charge on any atom is -0.388 e. The van der Waals surface area contributed by atoms with Gasteiger partial charge in [-0.15, -0.1) is 0 Å². The molecule has 4 fully saturated rings. The molecule has 0 saturated carbocycles. The Morgan fingerprint density at radius 2 is 1.45 bits per heavy atom. The van der Waals surface area contributed by atoms with Crippen LogP contribution in [0.4, 0.5) is 0 Å². The van der Waals surface area contributed by atoms with E-state index in [1.807, 2.05) is 0 Å². The minimum atomic E-state index is -0.491. The van der Waals surface area contributed by atoms with Crippen LogP contribution < -0.4 is 5.90 Å². The van der Waals surface area contributed by atoms with Crippen molar-refractivity contribution in [1.29, 1.82) is 0 Å². The molecule has 4 aliphatic heterocycles. The van der Waals surface area contributed by atoms with E-state index in [1.54, 1.807) is 21.6 Å². The average molecular weight is 351 g/mol. The van der Waals surface area contributed by atoms with E-state index in [4.69, 9.17) is 29.7 Å². The molecule has 3 N–H and O–H groups in total. The maximum atomic E-state index is 9.77. The van der Waals surface area contributed by atoms with Crippen molar-refractivity contribution in [2.45, 2.75) is 41.0 Å². The van der Waals surface area contributed by atoms with Crippen LogP contribution in [0.5, 0.6) is 0 Å². The highest BCUT2D eigenvalue weighted by Crippen LogP contribution is 2.45. The van der Waals surface area contributed by atoms with Gasteiger partial charge < -0.3 is 28.9 Å². The largest absolute Gasteiger partial charge is 0.388 e. The van der Waals surface area contributed by atoms with Crippen molar-refractivity contribution in [3.63, 3.8) is 0 Å². The molecule has 0 bridgehead atoms. The van der Waals surface area contributed by atoms with Crippen LogP contribution in [0.25, 0.3) is 0 Å². The lowest BCUT2D eigenvalue weighted by atomic mass is 10.0. The molecule has 0 aliphatic carbocycles. The van der Waals surface area contributed by atoms with Gasteiger partial charge in [0.25, 0.3) is 0 Å². The van der Waals surface area contributed by atoms with Gasteiger partial charge in [0.1, 0.15) is 18.3 Å². The van der Waals surface area contributed by atoms with Crippen LogP contribution >= 0.6 is 21.6 Å². The Labute approximate surface area is 136 Å². The first kappa shape index (κ1) is 15.9. The lowest BCUT2D eigenvalue weighted by Gasteiger charge is -2.19. The summed E-state index contributed by atoms with van der Waals surface area (Å²) in [4.78, 5) is 4.74. The predicted molar refractivity (Wildman–Crippen MR) is 81.4 cm³/mol. The van der Waals surface area contributed by atoms with Gasteiger partial charge in [-0.1, -0.05) is 21.6 Å². The summed E-state index contributed by atoms with van der Waals surface area (Å²) < 4.78 is 23.1. The summed E-state index contributed by atoms with van der Waals surface area (Å²) in [6.07, 6.45) is -0.479. The summed E-state index contributed by atoms with van der Waals surface area (Å²) in [5.74, 6) is 5.38. The number of fused-ring (bicyclic) bond motifs is 2. The maximum Gasteiger partial charge on any atom is 0.113 e. The number of aliphatic hydroxyl groups is 1. The van der Waals surface area contributed by atoms with Crippen molar-refractivity contribution in [2.75, 3.05) is 33.0 Å². The van der Waals surface area contributed by atoms with Gasteiger partial charge in [-0.3, -0.25) is 0 Å². The summed E-state index contributed by atoms with van der Waals surface area (Å²) in [7, 11) is 3.54. The van der Waals surface area contributed by atoms with Crippen LogP contribution in [-0.4, -0.2) is 79.2 Å². The zero-order chi connectivity index (χ0) is 15.1. The Hall–Kier alpha value is 0.420. The molecule has 126 valence electrons. The molecule has 4 heterocycles. The molecule has 0 aromatic heterocycles. The number of rotatable bonds is 5. The predicted octanol–water partition coefficient (Wildman–Crippen LogP) is -0.432. The van der Waals surface area contributed by atoms with E-state index in [0.29, 0.717) is 38.3 Å². The third-order valence-electron chi connectivity index (χ3n) is 4.71. The fraction of sp³-hybridized carbons (Fsp3) is 1.00. The second-order valence-corrected chi connectivity index (χ2v) is 8.87. The van der Waals surface area contributed by atoms with Crippen LogP contribution in [0.3, 0.4) is 0 Å². The number of aliphatic hydroxyl groups excluding tert-OH is 1. The monoisotopic (exact) mass is 351 g/mol. The smallest absolute Gasteiger partial charge is 0.113 e. The van der Waals surface area contributed by atoms with Crippen molar-refractivity contribution in [1.82, 2.24) is 0 Å². The van der Waals surface area contributed by atoms with Gasteiger partial charge in [-0.2, -0.15) is 0 Å². The molecule has 8 atom stereocenters. The number of hydrogen-bond acceptors (Lipinski definition) is 9. The zero-order valence-electron chi connectivity index (χ0n) is 12.0. The maximum absolute atomic E-state index is 9.77. The normalized spacial score (nSPS) is 50.5. The summed E-state index contributed by atoms with van der Waals surface area (Å²) in [6.45, 7) is 2.78. The van der Waals surface area contributed by atoms with Gasteiger partial charge in [0.2, 0.25) is 0 Å². The number of ether oxygens (including phenoxy) is 4. The molecule has 0 aromatic rings. The highest BCUT2D eigenvalue weighted by atomic mass is 33.1. The lowest BCUT2D eigenvalue weighted by Crippen LogP contribution is -2.31. The summed E-state index contributed by atoms with van der Waals surface area (Å²) in [5, 5.41) is 10.3. The number of hydrogen-bond donors (Lipinski definition) is 2. The van der Waals surface area contributed by atoms with Crippen LogP contribution in [-0.2, 0) is 23.8 Å². The first-order valence-electron chi connectivity index (χ1n) is 7.56. The van der Waals surface area contributed by atoms with Crippen LogP contribution in [0.15, 0.2) is 0 Å². The zero-order valence-corrected chi connectivity index (χ0v) is 13.7. The topological polar surface area (TPSA) is 92.4 Å². The first-order valence-corrected chi connectivity index (χ1v) is 9.84. The van der Waals surface area contributed by atoms with Crippen molar-refractivity contribution in [3.8, 4) is 0 Å². The van der Waals surface area contributed by atoms with Gasteiger partial charge in [-0.25, -0.2) is 5.90 Å². The average Bonchev–Trinajstić information content (AvgIpc) is 3.23. The molecule has 7 nitrogen and oxygen atoms in total. The van der Waals surface area contributed by atoms with E-state index in [1.165, 1.54) is 0 Å². The van der Waals surface area contributed by atoms with E-state index in [2.05, 4.69) is 0 Å². The summed E-state index contributed by atoms with van der Waals surface area (Å²) in [6, 6.07) is 0. The Balaban J connectivity index is 1.29. The van der Waals surface area contributed by atoms with Gasteiger partial charge >= 0.3 is 0 Å². The molecule has 4 rings (SSSR count). The third kappa shape index (κ3) is 2.80. The Kier molecular flexibility index (Phi) is 4.87.